The summed E-state index contributed by atoms with van der Waals surface area (Å²) in [7, 11) is 0. The molecule has 0 aliphatic carbocycles. The molecule has 0 spiro atoms. The van der Waals surface area contributed by atoms with Crippen molar-refractivity contribution in [1.29, 1.82) is 0 Å². The number of hydrogen-bond donors (Lipinski definition) is 3. The van der Waals surface area contributed by atoms with Crippen molar-refractivity contribution in [2.75, 3.05) is 5.73 Å². The molecule has 38 heavy (non-hydrogen) atoms. The number of halogens is 2. The fraction of sp³-hybridized carbons (Fsp3) is 0.0323. The molecule has 0 bridgehead atoms. The number of benzene rings is 4. The van der Waals surface area contributed by atoms with Crippen LogP contribution in [-0.2, 0) is 6.54 Å². The Morgan fingerprint density at radius 3 is 1.89 bits per heavy atom. The fourth-order valence-corrected chi connectivity index (χ4v) is 4.82. The van der Waals surface area contributed by atoms with Gasteiger partial charge in [-0.15, -0.1) is 0 Å². The Balaban J connectivity index is 1.45. The van der Waals surface area contributed by atoms with Crippen LogP contribution in [0.25, 0.3) is 22.3 Å². The minimum absolute atomic E-state index is 0.139. The minimum atomic E-state index is -0.362. The standard InChI is InChI=1S/C31H23Br2N3O2/c32-24-14-10-22(11-15-24)26-27(30(34)36-28(26)29(37)23-12-16-25(33)17-13-23)31(38)35-18-19-6-8-21(9-7-19)20-4-2-1-3-5-20/h1-17,36H,18,34H2,(H,35,38). The number of aromatic nitrogens is 1. The first-order chi connectivity index (χ1) is 18.4. The van der Waals surface area contributed by atoms with Crippen LogP contribution in [0.5, 0.6) is 0 Å². The van der Waals surface area contributed by atoms with Crippen molar-refractivity contribution in [2.45, 2.75) is 6.54 Å². The summed E-state index contributed by atoms with van der Waals surface area (Å²) in [6.07, 6.45) is 0. The minimum Gasteiger partial charge on any atom is -0.385 e. The number of hydrogen-bond acceptors (Lipinski definition) is 3. The molecular formula is C31H23Br2N3O2. The molecule has 1 aromatic heterocycles. The number of aromatic amines is 1. The van der Waals surface area contributed by atoms with Crippen molar-refractivity contribution in [3.63, 3.8) is 0 Å². The van der Waals surface area contributed by atoms with Crippen LogP contribution < -0.4 is 11.1 Å². The molecule has 188 valence electrons. The fourth-order valence-electron chi connectivity index (χ4n) is 4.29. The largest absolute Gasteiger partial charge is 0.385 e. The molecule has 0 aliphatic rings. The zero-order valence-electron chi connectivity index (χ0n) is 20.2. The molecule has 0 saturated heterocycles. The molecule has 1 heterocycles. The van der Waals surface area contributed by atoms with Gasteiger partial charge in [-0.2, -0.15) is 0 Å². The molecule has 4 N–H and O–H groups in total. The third-order valence-electron chi connectivity index (χ3n) is 6.24. The molecule has 0 fully saturated rings. The Morgan fingerprint density at radius 2 is 1.26 bits per heavy atom. The van der Waals surface area contributed by atoms with E-state index in [-0.39, 0.29) is 28.8 Å². The highest BCUT2D eigenvalue weighted by atomic mass is 79.9. The molecule has 0 atom stereocenters. The van der Waals surface area contributed by atoms with Crippen molar-refractivity contribution >= 4 is 49.4 Å². The first kappa shape index (κ1) is 25.7. The molecule has 5 rings (SSSR count). The zero-order chi connectivity index (χ0) is 26.6. The number of nitrogens with two attached hydrogens (primary N) is 1. The summed E-state index contributed by atoms with van der Waals surface area (Å²) in [6.45, 7) is 0.314. The highest BCUT2D eigenvalue weighted by Gasteiger charge is 2.27. The number of rotatable bonds is 7. The van der Waals surface area contributed by atoms with E-state index in [9.17, 15) is 9.59 Å². The lowest BCUT2D eigenvalue weighted by Crippen LogP contribution is -2.24. The summed E-state index contributed by atoms with van der Waals surface area (Å²) in [5.74, 6) is -0.475. The predicted molar refractivity (Wildman–Crippen MR) is 159 cm³/mol. The second-order valence-corrected chi connectivity index (χ2v) is 10.6. The van der Waals surface area contributed by atoms with Gasteiger partial charge in [0.15, 0.2) is 0 Å². The normalized spacial score (nSPS) is 10.8. The smallest absolute Gasteiger partial charge is 0.255 e. The van der Waals surface area contributed by atoms with Crippen molar-refractivity contribution in [3.05, 3.63) is 134 Å². The lowest BCUT2D eigenvalue weighted by molar-refractivity contribution is 0.0952. The van der Waals surface area contributed by atoms with Gasteiger partial charge < -0.3 is 16.0 Å². The van der Waals surface area contributed by atoms with E-state index < -0.39 is 0 Å². The first-order valence-electron chi connectivity index (χ1n) is 11.9. The number of nitrogen functional groups attached to an aromatic ring is 1. The number of nitrogens with one attached hydrogen (secondary N) is 2. The SMILES string of the molecule is Nc1[nH]c(C(=O)c2ccc(Br)cc2)c(-c2ccc(Br)cc2)c1C(=O)NCc1ccc(-c2ccccc2)cc1. The van der Waals surface area contributed by atoms with Crippen LogP contribution >= 0.6 is 31.9 Å². The molecule has 5 aromatic rings. The molecule has 4 aromatic carbocycles. The van der Waals surface area contributed by atoms with Crippen molar-refractivity contribution in [3.8, 4) is 22.3 Å². The monoisotopic (exact) mass is 627 g/mol. The second-order valence-electron chi connectivity index (χ2n) is 8.75. The quantitative estimate of drug-likeness (QED) is 0.162. The molecule has 5 nitrogen and oxygen atoms in total. The van der Waals surface area contributed by atoms with E-state index in [0.29, 0.717) is 23.2 Å². The number of carbonyl (C=O) groups excluding carboxylic acids is 2. The van der Waals surface area contributed by atoms with Gasteiger partial charge in [0.1, 0.15) is 5.82 Å². The van der Waals surface area contributed by atoms with E-state index in [2.05, 4.69) is 54.3 Å². The van der Waals surface area contributed by atoms with Gasteiger partial charge in [-0.1, -0.05) is 98.6 Å². The van der Waals surface area contributed by atoms with Gasteiger partial charge in [-0.25, -0.2) is 0 Å². The van der Waals surface area contributed by atoms with Gasteiger partial charge in [-0.05, 0) is 58.7 Å². The van der Waals surface area contributed by atoms with E-state index in [1.807, 2.05) is 66.7 Å². The van der Waals surface area contributed by atoms with Crippen LogP contribution in [0.3, 0.4) is 0 Å². The number of anilines is 1. The van der Waals surface area contributed by atoms with Gasteiger partial charge in [0, 0.05) is 26.6 Å². The number of amides is 1. The van der Waals surface area contributed by atoms with Crippen molar-refractivity contribution < 1.29 is 9.59 Å². The van der Waals surface area contributed by atoms with E-state index in [4.69, 9.17) is 5.73 Å². The van der Waals surface area contributed by atoms with Crippen LogP contribution in [0, 0.1) is 0 Å². The lowest BCUT2D eigenvalue weighted by Gasteiger charge is -2.10. The number of H-pyrrole nitrogens is 1. The first-order valence-corrected chi connectivity index (χ1v) is 13.5. The average molecular weight is 629 g/mol. The number of carbonyl (C=O) groups is 2. The van der Waals surface area contributed by atoms with Gasteiger partial charge in [0.25, 0.3) is 5.91 Å². The third kappa shape index (κ3) is 5.49. The summed E-state index contributed by atoms with van der Waals surface area (Å²) in [5.41, 5.74) is 11.7. The summed E-state index contributed by atoms with van der Waals surface area (Å²) >= 11 is 6.85. The molecular weight excluding hydrogens is 606 g/mol. The van der Waals surface area contributed by atoms with Gasteiger partial charge in [-0.3, -0.25) is 9.59 Å². The molecule has 7 heteroatoms. The Labute approximate surface area is 237 Å². The molecule has 0 unspecified atom stereocenters. The van der Waals surface area contributed by atoms with E-state index in [0.717, 1.165) is 25.6 Å². The summed E-state index contributed by atoms with van der Waals surface area (Å²) in [6, 6.07) is 32.6. The van der Waals surface area contributed by atoms with E-state index in [1.54, 1.807) is 24.3 Å². The van der Waals surface area contributed by atoms with Gasteiger partial charge >= 0.3 is 0 Å². The summed E-state index contributed by atoms with van der Waals surface area (Å²) < 4.78 is 1.75. The van der Waals surface area contributed by atoms with Crippen LogP contribution in [0.4, 0.5) is 5.82 Å². The Morgan fingerprint density at radius 1 is 0.711 bits per heavy atom. The Hall–Kier alpha value is -3.94. The Bertz CT molecular complexity index is 1590. The lowest BCUT2D eigenvalue weighted by atomic mass is 9.96. The number of ketones is 1. The highest BCUT2D eigenvalue weighted by molar-refractivity contribution is 9.10. The van der Waals surface area contributed by atoms with E-state index in [1.165, 1.54) is 0 Å². The van der Waals surface area contributed by atoms with Crippen LogP contribution in [0.1, 0.15) is 32.0 Å². The topological polar surface area (TPSA) is 88.0 Å². The predicted octanol–water partition coefficient (Wildman–Crippen LogP) is 7.62. The maximum absolute atomic E-state index is 13.5. The zero-order valence-corrected chi connectivity index (χ0v) is 23.3. The van der Waals surface area contributed by atoms with Crippen molar-refractivity contribution in [2.24, 2.45) is 0 Å². The maximum atomic E-state index is 13.5. The molecule has 1 amide bonds. The van der Waals surface area contributed by atoms with Crippen LogP contribution in [0.15, 0.2) is 112 Å². The van der Waals surface area contributed by atoms with Gasteiger partial charge in [0.2, 0.25) is 5.78 Å². The molecule has 0 aliphatic heterocycles. The summed E-state index contributed by atoms with van der Waals surface area (Å²) in [5, 5.41) is 2.97. The van der Waals surface area contributed by atoms with Gasteiger partial charge in [0.05, 0.1) is 11.3 Å². The molecule has 0 radical (unpaired) electrons. The third-order valence-corrected chi connectivity index (χ3v) is 7.29. The average Bonchev–Trinajstić information content (AvgIpc) is 3.30. The van der Waals surface area contributed by atoms with Crippen molar-refractivity contribution in [1.82, 2.24) is 10.3 Å². The Kier molecular flexibility index (Phi) is 7.58. The van der Waals surface area contributed by atoms with Crippen LogP contribution in [0.2, 0.25) is 0 Å². The van der Waals surface area contributed by atoms with E-state index >= 15 is 0 Å². The maximum Gasteiger partial charge on any atom is 0.255 e. The summed E-state index contributed by atoms with van der Waals surface area (Å²) in [4.78, 5) is 29.9. The highest BCUT2D eigenvalue weighted by Crippen LogP contribution is 2.34. The molecule has 0 saturated carbocycles. The van der Waals surface area contributed by atoms with Crippen LogP contribution in [-0.4, -0.2) is 16.7 Å². The second kappa shape index (κ2) is 11.2.